The standard InChI is InChI=1S/C13H18N2O2/c1-9-4-3-7-15(8-9)11-6-2-5-10(12(11)14)13(16)17/h2,5-6,9H,3-4,7-8,14H2,1H3,(H,16,17). The second-order valence-electron chi connectivity index (χ2n) is 4.74. The first-order valence-electron chi connectivity index (χ1n) is 5.96. The first kappa shape index (κ1) is 11.8. The Morgan fingerprint density at radius 2 is 2.29 bits per heavy atom. The molecule has 0 bridgehead atoms. The number of carboxylic acid groups (broad SMARTS) is 1. The van der Waals surface area contributed by atoms with Crippen LogP contribution in [0.2, 0.25) is 0 Å². The van der Waals surface area contributed by atoms with E-state index in [1.807, 2.05) is 6.07 Å². The predicted molar refractivity (Wildman–Crippen MR) is 68.4 cm³/mol. The zero-order valence-corrected chi connectivity index (χ0v) is 10.0. The maximum atomic E-state index is 11.0. The van der Waals surface area contributed by atoms with Crippen molar-refractivity contribution in [2.75, 3.05) is 23.7 Å². The summed E-state index contributed by atoms with van der Waals surface area (Å²) in [5, 5.41) is 9.04. The number of nitrogens with zero attached hydrogens (tertiary/aromatic N) is 1. The highest BCUT2D eigenvalue weighted by Gasteiger charge is 2.20. The predicted octanol–water partition coefficient (Wildman–Crippen LogP) is 2.20. The van der Waals surface area contributed by atoms with Crippen LogP contribution in [0.1, 0.15) is 30.1 Å². The molecule has 1 saturated heterocycles. The zero-order valence-electron chi connectivity index (χ0n) is 10.0. The van der Waals surface area contributed by atoms with Gasteiger partial charge in [0.25, 0.3) is 0 Å². The van der Waals surface area contributed by atoms with Gasteiger partial charge in [-0.1, -0.05) is 13.0 Å². The highest BCUT2D eigenvalue weighted by molar-refractivity contribution is 5.97. The minimum atomic E-state index is -0.964. The highest BCUT2D eigenvalue weighted by atomic mass is 16.4. The Kier molecular flexibility index (Phi) is 3.22. The molecule has 0 aliphatic carbocycles. The summed E-state index contributed by atoms with van der Waals surface area (Å²) in [6, 6.07) is 5.21. The van der Waals surface area contributed by atoms with Gasteiger partial charge in [0.15, 0.2) is 0 Å². The lowest BCUT2D eigenvalue weighted by atomic mass is 9.99. The van der Waals surface area contributed by atoms with Gasteiger partial charge in [-0.05, 0) is 30.9 Å². The fourth-order valence-corrected chi connectivity index (χ4v) is 2.42. The molecule has 1 unspecified atom stereocenters. The van der Waals surface area contributed by atoms with Gasteiger partial charge in [0, 0.05) is 13.1 Å². The molecule has 4 nitrogen and oxygen atoms in total. The molecule has 1 fully saturated rings. The molecule has 0 aromatic heterocycles. The van der Waals surface area contributed by atoms with Crippen LogP contribution in [0.25, 0.3) is 0 Å². The molecule has 0 amide bonds. The summed E-state index contributed by atoms with van der Waals surface area (Å²) in [6.07, 6.45) is 2.37. The Balaban J connectivity index is 2.32. The minimum Gasteiger partial charge on any atom is -0.478 e. The Morgan fingerprint density at radius 1 is 1.53 bits per heavy atom. The van der Waals surface area contributed by atoms with Crippen molar-refractivity contribution in [1.82, 2.24) is 0 Å². The van der Waals surface area contributed by atoms with Crippen molar-refractivity contribution in [2.24, 2.45) is 5.92 Å². The third kappa shape index (κ3) is 2.35. The lowest BCUT2D eigenvalue weighted by Gasteiger charge is -2.33. The van der Waals surface area contributed by atoms with Crippen LogP contribution in [-0.4, -0.2) is 24.2 Å². The number of benzene rings is 1. The van der Waals surface area contributed by atoms with E-state index in [2.05, 4.69) is 11.8 Å². The number of hydrogen-bond donors (Lipinski definition) is 2. The van der Waals surface area contributed by atoms with Gasteiger partial charge in [0.05, 0.1) is 16.9 Å². The van der Waals surface area contributed by atoms with Gasteiger partial charge in [0.1, 0.15) is 0 Å². The largest absolute Gasteiger partial charge is 0.478 e. The lowest BCUT2D eigenvalue weighted by Crippen LogP contribution is -2.34. The van der Waals surface area contributed by atoms with Gasteiger partial charge in [-0.15, -0.1) is 0 Å². The molecule has 1 aliphatic heterocycles. The van der Waals surface area contributed by atoms with E-state index in [9.17, 15) is 4.79 Å². The number of nitrogen functional groups attached to an aromatic ring is 1. The summed E-state index contributed by atoms with van der Waals surface area (Å²) >= 11 is 0. The van der Waals surface area contributed by atoms with Crippen LogP contribution in [0, 0.1) is 5.92 Å². The number of carboxylic acids is 1. The van der Waals surface area contributed by atoms with E-state index >= 15 is 0 Å². The Morgan fingerprint density at radius 3 is 2.94 bits per heavy atom. The van der Waals surface area contributed by atoms with Gasteiger partial charge in [-0.25, -0.2) is 4.79 Å². The number of carbonyl (C=O) groups is 1. The van der Waals surface area contributed by atoms with Crippen molar-refractivity contribution in [3.8, 4) is 0 Å². The average molecular weight is 234 g/mol. The van der Waals surface area contributed by atoms with Crippen molar-refractivity contribution < 1.29 is 9.90 Å². The van der Waals surface area contributed by atoms with Crippen molar-refractivity contribution in [3.63, 3.8) is 0 Å². The first-order chi connectivity index (χ1) is 8.09. The van der Waals surface area contributed by atoms with E-state index < -0.39 is 5.97 Å². The van der Waals surface area contributed by atoms with Gasteiger partial charge in [0.2, 0.25) is 0 Å². The highest BCUT2D eigenvalue weighted by Crippen LogP contribution is 2.30. The van der Waals surface area contributed by atoms with Gasteiger partial charge >= 0.3 is 5.97 Å². The second-order valence-corrected chi connectivity index (χ2v) is 4.74. The number of para-hydroxylation sites is 1. The maximum Gasteiger partial charge on any atom is 0.337 e. The molecule has 1 aromatic rings. The third-order valence-corrected chi connectivity index (χ3v) is 3.31. The number of rotatable bonds is 2. The van der Waals surface area contributed by atoms with E-state index in [0.29, 0.717) is 11.6 Å². The van der Waals surface area contributed by atoms with Gasteiger partial charge < -0.3 is 15.7 Å². The molecule has 1 aromatic carbocycles. The lowest BCUT2D eigenvalue weighted by molar-refractivity contribution is 0.0698. The van der Waals surface area contributed by atoms with Crippen LogP contribution in [0.15, 0.2) is 18.2 Å². The number of aromatic carboxylic acids is 1. The number of hydrogen-bond acceptors (Lipinski definition) is 3. The van der Waals surface area contributed by atoms with Crippen molar-refractivity contribution in [2.45, 2.75) is 19.8 Å². The molecule has 0 spiro atoms. The topological polar surface area (TPSA) is 66.6 Å². The molecule has 2 rings (SSSR count). The van der Waals surface area contributed by atoms with Crippen molar-refractivity contribution in [1.29, 1.82) is 0 Å². The summed E-state index contributed by atoms with van der Waals surface area (Å²) in [4.78, 5) is 13.2. The Bertz CT molecular complexity index is 431. The fraction of sp³-hybridized carbons (Fsp3) is 0.462. The van der Waals surface area contributed by atoms with Gasteiger partial charge in [-0.2, -0.15) is 0 Å². The quantitative estimate of drug-likeness (QED) is 0.770. The summed E-state index contributed by atoms with van der Waals surface area (Å²) in [5.74, 6) is -0.328. The molecule has 17 heavy (non-hydrogen) atoms. The Hall–Kier alpha value is -1.71. The number of piperidine rings is 1. The molecule has 3 N–H and O–H groups in total. The summed E-state index contributed by atoms with van der Waals surface area (Å²) in [5.41, 5.74) is 7.37. The molecule has 4 heteroatoms. The summed E-state index contributed by atoms with van der Waals surface area (Å²) in [6.45, 7) is 4.12. The zero-order chi connectivity index (χ0) is 12.4. The molecule has 92 valence electrons. The molecule has 1 aliphatic rings. The average Bonchev–Trinajstić information content (AvgIpc) is 2.29. The van der Waals surface area contributed by atoms with Crippen LogP contribution in [0.3, 0.4) is 0 Å². The van der Waals surface area contributed by atoms with Crippen LogP contribution in [0.4, 0.5) is 11.4 Å². The smallest absolute Gasteiger partial charge is 0.337 e. The monoisotopic (exact) mass is 234 g/mol. The molecule has 1 heterocycles. The minimum absolute atomic E-state index is 0.195. The van der Waals surface area contributed by atoms with Crippen molar-refractivity contribution in [3.05, 3.63) is 23.8 Å². The molecular weight excluding hydrogens is 216 g/mol. The van der Waals surface area contributed by atoms with Crippen LogP contribution < -0.4 is 10.6 Å². The molecular formula is C13H18N2O2. The number of nitrogens with two attached hydrogens (primary N) is 1. The van der Waals surface area contributed by atoms with Crippen LogP contribution >= 0.6 is 0 Å². The van der Waals surface area contributed by atoms with E-state index in [4.69, 9.17) is 10.8 Å². The van der Waals surface area contributed by atoms with E-state index in [-0.39, 0.29) is 5.56 Å². The molecule has 0 radical (unpaired) electrons. The summed E-state index contributed by atoms with van der Waals surface area (Å²) < 4.78 is 0. The normalized spacial score (nSPS) is 20.3. The fourth-order valence-electron chi connectivity index (χ4n) is 2.42. The van der Waals surface area contributed by atoms with E-state index in [0.717, 1.165) is 25.2 Å². The molecule has 0 saturated carbocycles. The van der Waals surface area contributed by atoms with E-state index in [1.165, 1.54) is 6.42 Å². The van der Waals surface area contributed by atoms with Gasteiger partial charge in [-0.3, -0.25) is 0 Å². The number of anilines is 2. The second kappa shape index (κ2) is 4.65. The summed E-state index contributed by atoms with van der Waals surface area (Å²) in [7, 11) is 0. The third-order valence-electron chi connectivity index (χ3n) is 3.31. The first-order valence-corrected chi connectivity index (χ1v) is 5.96. The van der Waals surface area contributed by atoms with E-state index in [1.54, 1.807) is 12.1 Å². The molecule has 1 atom stereocenters. The maximum absolute atomic E-state index is 11.0. The SMILES string of the molecule is CC1CCCN(c2cccc(C(=O)O)c2N)C1. The van der Waals surface area contributed by atoms with Crippen LogP contribution in [-0.2, 0) is 0 Å². The Labute approximate surface area is 101 Å². The van der Waals surface area contributed by atoms with Crippen LogP contribution in [0.5, 0.6) is 0 Å². The van der Waals surface area contributed by atoms with Crippen molar-refractivity contribution >= 4 is 17.3 Å².